The molecule has 1 aromatic rings. The molecule has 1 aromatic carbocycles. The van der Waals surface area contributed by atoms with Crippen LogP contribution < -0.4 is 4.90 Å². The maximum absolute atomic E-state index is 9.58. The van der Waals surface area contributed by atoms with E-state index < -0.39 is 0 Å². The average molecular weight is 262 g/mol. The van der Waals surface area contributed by atoms with E-state index in [2.05, 4.69) is 35.9 Å². The van der Waals surface area contributed by atoms with Crippen molar-refractivity contribution < 1.29 is 5.11 Å². The van der Waals surface area contributed by atoms with Crippen molar-refractivity contribution in [3.05, 3.63) is 29.8 Å². The largest absolute Gasteiger partial charge is 0.389 e. The van der Waals surface area contributed by atoms with Crippen molar-refractivity contribution in [2.75, 3.05) is 31.6 Å². The molecule has 0 radical (unpaired) electrons. The first-order valence-corrected chi connectivity index (χ1v) is 7.35. The van der Waals surface area contributed by atoms with Crippen molar-refractivity contribution in [3.63, 3.8) is 0 Å². The first-order valence-electron chi connectivity index (χ1n) is 7.35. The van der Waals surface area contributed by atoms with E-state index in [1.54, 1.807) is 0 Å². The number of anilines is 1. The monoisotopic (exact) mass is 262 g/mol. The third kappa shape index (κ3) is 3.48. The molecule has 2 atom stereocenters. The van der Waals surface area contributed by atoms with Crippen LogP contribution in [-0.2, 0) is 0 Å². The van der Waals surface area contributed by atoms with Gasteiger partial charge >= 0.3 is 0 Å². The first kappa shape index (κ1) is 14.4. The summed E-state index contributed by atoms with van der Waals surface area (Å²) in [6, 6.07) is 8.97. The van der Waals surface area contributed by atoms with E-state index >= 15 is 0 Å². The predicted molar refractivity (Wildman–Crippen MR) is 80.6 cm³/mol. The Kier molecular flexibility index (Phi) is 4.83. The van der Waals surface area contributed by atoms with Crippen molar-refractivity contribution in [2.24, 2.45) is 0 Å². The minimum Gasteiger partial charge on any atom is -0.389 e. The number of hydrogen-bond acceptors (Lipinski definition) is 3. The summed E-state index contributed by atoms with van der Waals surface area (Å²) in [7, 11) is 2.21. The zero-order valence-corrected chi connectivity index (χ0v) is 12.3. The molecule has 0 spiro atoms. The van der Waals surface area contributed by atoms with Crippen molar-refractivity contribution in [2.45, 2.75) is 38.8 Å². The van der Waals surface area contributed by atoms with E-state index in [1.165, 1.54) is 25.1 Å². The van der Waals surface area contributed by atoms with E-state index in [4.69, 9.17) is 0 Å². The van der Waals surface area contributed by atoms with Gasteiger partial charge < -0.3 is 14.9 Å². The Morgan fingerprint density at radius 3 is 2.53 bits per heavy atom. The molecule has 0 aliphatic carbocycles. The van der Waals surface area contributed by atoms with Crippen LogP contribution in [0.25, 0.3) is 0 Å². The van der Waals surface area contributed by atoms with Crippen LogP contribution in [0.4, 0.5) is 5.69 Å². The van der Waals surface area contributed by atoms with Crippen LogP contribution in [0.1, 0.15) is 38.4 Å². The Hall–Kier alpha value is -1.06. The second-order valence-electron chi connectivity index (χ2n) is 5.64. The van der Waals surface area contributed by atoms with Crippen LogP contribution in [-0.4, -0.2) is 42.7 Å². The smallest absolute Gasteiger partial charge is 0.0761 e. The molecule has 19 heavy (non-hydrogen) atoms. The lowest BCUT2D eigenvalue weighted by molar-refractivity contribution is 0.199. The van der Waals surface area contributed by atoms with Gasteiger partial charge in [0.15, 0.2) is 0 Å². The number of hydrogen-bond donors (Lipinski definition) is 1. The fourth-order valence-corrected chi connectivity index (χ4v) is 2.88. The number of likely N-dealkylation sites (N-methyl/N-ethyl adjacent to an activating group) is 1. The first-order chi connectivity index (χ1) is 9.11. The second-order valence-corrected chi connectivity index (χ2v) is 5.64. The normalized spacial score (nSPS) is 23.2. The maximum Gasteiger partial charge on any atom is 0.0761 e. The molecular formula is C16H26N2O. The zero-order chi connectivity index (χ0) is 13.8. The molecule has 3 heteroatoms. The highest BCUT2D eigenvalue weighted by Gasteiger charge is 2.22. The third-order valence-electron chi connectivity index (χ3n) is 4.08. The van der Waals surface area contributed by atoms with Crippen molar-refractivity contribution in [1.29, 1.82) is 0 Å². The van der Waals surface area contributed by atoms with Gasteiger partial charge in [0.1, 0.15) is 0 Å². The maximum atomic E-state index is 9.58. The van der Waals surface area contributed by atoms with E-state index in [0.717, 1.165) is 18.7 Å². The average Bonchev–Trinajstić information content (AvgIpc) is 2.60. The standard InChI is InChI=1S/C16H26N2O/c1-4-15-12-17(3)10-5-11-18(15)16-8-6-14(7-9-16)13(2)19/h6-9,13,15,19H,4-5,10-12H2,1-3H3. The lowest BCUT2D eigenvalue weighted by atomic mass is 10.1. The van der Waals surface area contributed by atoms with Crippen LogP contribution in [0, 0.1) is 0 Å². The third-order valence-corrected chi connectivity index (χ3v) is 4.08. The summed E-state index contributed by atoms with van der Waals surface area (Å²) in [5.74, 6) is 0. The summed E-state index contributed by atoms with van der Waals surface area (Å²) in [4.78, 5) is 4.95. The number of rotatable bonds is 3. The lowest BCUT2D eigenvalue weighted by Gasteiger charge is -2.32. The second kappa shape index (κ2) is 6.40. The molecule has 1 N–H and O–H groups in total. The number of aliphatic hydroxyl groups is 1. The van der Waals surface area contributed by atoms with E-state index in [9.17, 15) is 5.11 Å². The number of nitrogens with zero attached hydrogens (tertiary/aromatic N) is 2. The van der Waals surface area contributed by atoms with E-state index in [-0.39, 0.29) is 6.10 Å². The summed E-state index contributed by atoms with van der Waals surface area (Å²) in [6.07, 6.45) is 2.00. The Morgan fingerprint density at radius 1 is 1.26 bits per heavy atom. The van der Waals surface area contributed by atoms with Gasteiger partial charge in [-0.05, 0) is 51.1 Å². The molecule has 0 aromatic heterocycles. The van der Waals surface area contributed by atoms with Gasteiger partial charge in [0, 0.05) is 24.8 Å². The van der Waals surface area contributed by atoms with E-state index in [1.807, 2.05) is 19.1 Å². The molecule has 1 heterocycles. The van der Waals surface area contributed by atoms with Gasteiger partial charge in [0.25, 0.3) is 0 Å². The zero-order valence-electron chi connectivity index (χ0n) is 12.3. The highest BCUT2D eigenvalue weighted by Crippen LogP contribution is 2.24. The summed E-state index contributed by atoms with van der Waals surface area (Å²) in [5.41, 5.74) is 2.27. The molecule has 0 bridgehead atoms. The minimum absolute atomic E-state index is 0.383. The van der Waals surface area contributed by atoms with Gasteiger partial charge in [-0.1, -0.05) is 19.1 Å². The summed E-state index contributed by atoms with van der Waals surface area (Å²) < 4.78 is 0. The lowest BCUT2D eigenvalue weighted by Crippen LogP contribution is -2.39. The summed E-state index contributed by atoms with van der Waals surface area (Å²) in [6.45, 7) is 7.51. The SMILES string of the molecule is CCC1CN(C)CCCN1c1ccc(C(C)O)cc1. The molecule has 1 saturated heterocycles. The highest BCUT2D eigenvalue weighted by molar-refractivity contribution is 5.49. The Balaban J connectivity index is 2.17. The molecule has 1 aliphatic heterocycles. The Labute approximate surface area is 116 Å². The van der Waals surface area contributed by atoms with Crippen LogP contribution >= 0.6 is 0 Å². The molecule has 2 rings (SSSR count). The summed E-state index contributed by atoms with van der Waals surface area (Å²) in [5, 5.41) is 9.58. The Bertz CT molecular complexity index is 388. The fourth-order valence-electron chi connectivity index (χ4n) is 2.88. The fraction of sp³-hybridized carbons (Fsp3) is 0.625. The minimum atomic E-state index is -0.383. The number of benzene rings is 1. The molecule has 0 saturated carbocycles. The quantitative estimate of drug-likeness (QED) is 0.907. The van der Waals surface area contributed by atoms with Crippen molar-refractivity contribution in [1.82, 2.24) is 4.90 Å². The van der Waals surface area contributed by atoms with Gasteiger partial charge in [0.05, 0.1) is 6.10 Å². The van der Waals surface area contributed by atoms with Crippen LogP contribution in [0.5, 0.6) is 0 Å². The molecule has 3 nitrogen and oxygen atoms in total. The van der Waals surface area contributed by atoms with Gasteiger partial charge in [-0.25, -0.2) is 0 Å². The summed E-state index contributed by atoms with van der Waals surface area (Å²) >= 11 is 0. The molecule has 1 aliphatic rings. The molecule has 0 amide bonds. The van der Waals surface area contributed by atoms with Crippen LogP contribution in [0.3, 0.4) is 0 Å². The van der Waals surface area contributed by atoms with Gasteiger partial charge in [0.2, 0.25) is 0 Å². The van der Waals surface area contributed by atoms with Gasteiger partial charge in [-0.3, -0.25) is 0 Å². The van der Waals surface area contributed by atoms with Crippen LogP contribution in [0.2, 0.25) is 0 Å². The van der Waals surface area contributed by atoms with Gasteiger partial charge in [-0.2, -0.15) is 0 Å². The highest BCUT2D eigenvalue weighted by atomic mass is 16.3. The van der Waals surface area contributed by atoms with Crippen molar-refractivity contribution >= 4 is 5.69 Å². The molecule has 2 unspecified atom stereocenters. The molecule has 1 fully saturated rings. The van der Waals surface area contributed by atoms with Gasteiger partial charge in [-0.15, -0.1) is 0 Å². The topological polar surface area (TPSA) is 26.7 Å². The van der Waals surface area contributed by atoms with Crippen LogP contribution in [0.15, 0.2) is 24.3 Å². The van der Waals surface area contributed by atoms with E-state index in [0.29, 0.717) is 6.04 Å². The number of aliphatic hydroxyl groups excluding tert-OH is 1. The Morgan fingerprint density at radius 2 is 1.95 bits per heavy atom. The molecule has 106 valence electrons. The molecular weight excluding hydrogens is 236 g/mol. The van der Waals surface area contributed by atoms with Crippen molar-refractivity contribution in [3.8, 4) is 0 Å². The predicted octanol–water partition coefficient (Wildman–Crippen LogP) is 2.66.